The molecule has 6 heteroatoms. The van der Waals surface area contributed by atoms with E-state index >= 15 is 0 Å². The van der Waals surface area contributed by atoms with Gasteiger partial charge in [-0.25, -0.2) is 9.78 Å². The fraction of sp³-hybridized carbons (Fsp3) is 0.250. The first-order valence-corrected chi connectivity index (χ1v) is 7.51. The van der Waals surface area contributed by atoms with Gasteiger partial charge in [0.05, 0.1) is 24.8 Å². The van der Waals surface area contributed by atoms with Crippen LogP contribution in [0.2, 0.25) is 0 Å². The number of thiazole rings is 1. The van der Waals surface area contributed by atoms with Crippen LogP contribution in [0.15, 0.2) is 30.3 Å². The molecule has 0 bridgehead atoms. The predicted octanol–water partition coefficient (Wildman–Crippen LogP) is 3.44. The van der Waals surface area contributed by atoms with Crippen molar-refractivity contribution in [3.05, 3.63) is 35.2 Å². The number of aromatic nitrogens is 1. The molecule has 1 N–H and O–H groups in total. The summed E-state index contributed by atoms with van der Waals surface area (Å²) < 4.78 is 10.1. The number of carbonyl (C=O) groups is 1. The largest absolute Gasteiger partial charge is 0.496 e. The second kappa shape index (κ2) is 7.09. The summed E-state index contributed by atoms with van der Waals surface area (Å²) >= 11 is 1.48. The molecule has 1 heterocycles. The summed E-state index contributed by atoms with van der Waals surface area (Å²) in [7, 11) is 4.80. The Kier molecular flexibility index (Phi) is 5.16. The number of hydrogen-bond acceptors (Lipinski definition) is 6. The highest BCUT2D eigenvalue weighted by atomic mass is 32.1. The van der Waals surface area contributed by atoms with Crippen molar-refractivity contribution < 1.29 is 14.3 Å². The molecule has 116 valence electrons. The van der Waals surface area contributed by atoms with Gasteiger partial charge >= 0.3 is 5.97 Å². The number of benzene rings is 1. The van der Waals surface area contributed by atoms with Crippen LogP contribution in [0.25, 0.3) is 16.8 Å². The summed E-state index contributed by atoms with van der Waals surface area (Å²) in [5.74, 6) is 0.352. The molecule has 1 aromatic heterocycles. The van der Waals surface area contributed by atoms with Crippen molar-refractivity contribution in [1.82, 2.24) is 4.98 Å². The number of nitrogens with zero attached hydrogens (tertiary/aromatic N) is 1. The third-order valence-electron chi connectivity index (χ3n) is 3.10. The first-order valence-electron chi connectivity index (χ1n) is 6.69. The Morgan fingerprint density at radius 2 is 2.05 bits per heavy atom. The van der Waals surface area contributed by atoms with E-state index in [1.165, 1.54) is 24.5 Å². The van der Waals surface area contributed by atoms with Gasteiger partial charge in [-0.1, -0.05) is 23.5 Å². The van der Waals surface area contributed by atoms with Crippen molar-refractivity contribution >= 4 is 28.0 Å². The van der Waals surface area contributed by atoms with Gasteiger partial charge in [0.25, 0.3) is 0 Å². The van der Waals surface area contributed by atoms with Crippen LogP contribution in [-0.4, -0.2) is 32.2 Å². The Bertz CT molecular complexity index is 707. The zero-order valence-electron chi connectivity index (χ0n) is 13.0. The molecule has 0 atom stereocenters. The summed E-state index contributed by atoms with van der Waals surface area (Å²) in [6, 6.07) is 7.67. The van der Waals surface area contributed by atoms with Gasteiger partial charge < -0.3 is 14.8 Å². The topological polar surface area (TPSA) is 60.5 Å². The molecule has 1 aromatic carbocycles. The molecule has 2 rings (SSSR count). The van der Waals surface area contributed by atoms with Crippen LogP contribution in [0.3, 0.4) is 0 Å². The highest BCUT2D eigenvalue weighted by Gasteiger charge is 2.17. The molecule has 0 radical (unpaired) electrons. The van der Waals surface area contributed by atoms with Crippen molar-refractivity contribution in [2.24, 2.45) is 0 Å². The van der Waals surface area contributed by atoms with Crippen LogP contribution in [-0.2, 0) is 9.53 Å². The molecule has 5 nitrogen and oxygen atoms in total. The molecule has 22 heavy (non-hydrogen) atoms. The lowest BCUT2D eigenvalue weighted by Crippen LogP contribution is -1.96. The average molecular weight is 318 g/mol. The first kappa shape index (κ1) is 16.0. The van der Waals surface area contributed by atoms with Crippen LogP contribution < -0.4 is 10.1 Å². The smallest absolute Gasteiger partial charge is 0.330 e. The number of methoxy groups -OCH3 is 2. The average Bonchev–Trinajstić information content (AvgIpc) is 2.98. The number of allylic oxidation sites excluding steroid dienone is 1. The number of nitrogens with one attached hydrogen (secondary N) is 1. The van der Waals surface area contributed by atoms with Crippen molar-refractivity contribution in [2.45, 2.75) is 6.92 Å². The van der Waals surface area contributed by atoms with Crippen molar-refractivity contribution in [3.8, 4) is 17.0 Å². The number of anilines is 1. The number of ether oxygens (including phenoxy) is 2. The maximum atomic E-state index is 11.5. The zero-order valence-corrected chi connectivity index (χ0v) is 13.8. The summed E-state index contributed by atoms with van der Waals surface area (Å²) in [6.45, 7) is 1.86. The predicted molar refractivity (Wildman–Crippen MR) is 89.3 cm³/mol. The van der Waals surface area contributed by atoms with Gasteiger partial charge in [0.15, 0.2) is 5.13 Å². The van der Waals surface area contributed by atoms with Gasteiger partial charge in [0.2, 0.25) is 0 Å². The third-order valence-corrected chi connectivity index (χ3v) is 4.31. The summed E-state index contributed by atoms with van der Waals surface area (Å²) in [5, 5.41) is 3.81. The van der Waals surface area contributed by atoms with Gasteiger partial charge in [-0.3, -0.25) is 0 Å². The van der Waals surface area contributed by atoms with Crippen molar-refractivity contribution in [1.29, 1.82) is 0 Å². The summed E-state index contributed by atoms with van der Waals surface area (Å²) in [5.41, 5.74) is 2.46. The molecule has 0 unspecified atom stereocenters. The molecule has 0 aliphatic heterocycles. The maximum absolute atomic E-state index is 11.5. The minimum absolute atomic E-state index is 0.386. The van der Waals surface area contributed by atoms with Crippen LogP contribution in [0, 0.1) is 0 Å². The van der Waals surface area contributed by atoms with Crippen molar-refractivity contribution in [2.75, 3.05) is 26.6 Å². The fourth-order valence-corrected chi connectivity index (χ4v) is 2.92. The third kappa shape index (κ3) is 3.28. The standard InChI is InChI=1S/C16H18N2O3S/c1-10(9-13(19)21-4)15-14(18-16(17-2)22-15)11-7-5-6-8-12(11)20-3/h5-9H,1-4H3,(H,17,18)/b10-9+. The highest BCUT2D eigenvalue weighted by molar-refractivity contribution is 7.17. The lowest BCUT2D eigenvalue weighted by atomic mass is 10.1. The van der Waals surface area contributed by atoms with Crippen LogP contribution in [0.4, 0.5) is 5.13 Å². The van der Waals surface area contributed by atoms with Crippen LogP contribution in [0.1, 0.15) is 11.8 Å². The Morgan fingerprint density at radius 3 is 2.68 bits per heavy atom. The number of para-hydroxylation sites is 1. The van der Waals surface area contributed by atoms with Crippen molar-refractivity contribution in [3.63, 3.8) is 0 Å². The lowest BCUT2D eigenvalue weighted by Gasteiger charge is -2.08. The van der Waals surface area contributed by atoms with Gasteiger partial charge in [-0.05, 0) is 24.6 Å². The summed E-state index contributed by atoms with van der Waals surface area (Å²) in [4.78, 5) is 17.0. The number of rotatable bonds is 5. The molecular weight excluding hydrogens is 300 g/mol. The Hall–Kier alpha value is -2.34. The van der Waals surface area contributed by atoms with E-state index < -0.39 is 0 Å². The zero-order chi connectivity index (χ0) is 16.1. The molecule has 0 aliphatic rings. The number of esters is 1. The first-order chi connectivity index (χ1) is 10.6. The summed E-state index contributed by atoms with van der Waals surface area (Å²) in [6.07, 6.45) is 1.46. The van der Waals surface area contributed by atoms with Gasteiger partial charge in [-0.2, -0.15) is 0 Å². The quantitative estimate of drug-likeness (QED) is 0.676. The number of carbonyl (C=O) groups excluding carboxylic acids is 1. The Labute approximate surface area is 133 Å². The normalized spacial score (nSPS) is 11.2. The molecule has 0 saturated heterocycles. The second-order valence-electron chi connectivity index (χ2n) is 4.50. The van der Waals surface area contributed by atoms with E-state index in [1.807, 2.05) is 38.2 Å². The molecule has 0 aliphatic carbocycles. The lowest BCUT2D eigenvalue weighted by molar-refractivity contribution is -0.134. The fourth-order valence-electron chi connectivity index (χ4n) is 2.02. The molecule has 0 spiro atoms. The minimum Gasteiger partial charge on any atom is -0.496 e. The van der Waals surface area contributed by atoms with E-state index in [0.29, 0.717) is 0 Å². The second-order valence-corrected chi connectivity index (χ2v) is 5.50. The molecule has 0 amide bonds. The van der Waals surface area contributed by atoms with E-state index in [2.05, 4.69) is 10.3 Å². The van der Waals surface area contributed by atoms with Crippen LogP contribution in [0.5, 0.6) is 5.75 Å². The van der Waals surface area contributed by atoms with Gasteiger partial charge in [0.1, 0.15) is 5.75 Å². The molecule has 2 aromatic rings. The molecular formula is C16H18N2O3S. The molecule has 0 fully saturated rings. The Balaban J connectivity index is 2.59. The Morgan fingerprint density at radius 1 is 1.32 bits per heavy atom. The monoisotopic (exact) mass is 318 g/mol. The minimum atomic E-state index is -0.386. The SMILES string of the molecule is CNc1nc(-c2ccccc2OC)c(/C(C)=C/C(=O)OC)s1. The van der Waals surface area contributed by atoms with Gasteiger partial charge in [-0.15, -0.1) is 0 Å². The van der Waals surface area contributed by atoms with E-state index in [4.69, 9.17) is 9.47 Å². The van der Waals surface area contributed by atoms with E-state index in [1.54, 1.807) is 7.11 Å². The van der Waals surface area contributed by atoms with E-state index in [-0.39, 0.29) is 5.97 Å². The maximum Gasteiger partial charge on any atom is 0.330 e. The van der Waals surface area contributed by atoms with E-state index in [0.717, 1.165) is 32.6 Å². The van der Waals surface area contributed by atoms with Gasteiger partial charge in [0, 0.05) is 18.7 Å². The number of hydrogen-bond donors (Lipinski definition) is 1. The van der Waals surface area contributed by atoms with Crippen LogP contribution >= 0.6 is 11.3 Å². The van der Waals surface area contributed by atoms with E-state index in [9.17, 15) is 4.79 Å². The highest BCUT2D eigenvalue weighted by Crippen LogP contribution is 2.39. The molecule has 0 saturated carbocycles.